The van der Waals surface area contributed by atoms with E-state index < -0.39 is 22.1 Å². The molecule has 35 heavy (non-hydrogen) atoms. The first-order valence-electron chi connectivity index (χ1n) is 10.8. The third kappa shape index (κ3) is 5.78. The molecule has 3 aromatic rings. The minimum absolute atomic E-state index is 0.00647. The van der Waals surface area contributed by atoms with E-state index in [1.54, 1.807) is 17.0 Å². The summed E-state index contributed by atoms with van der Waals surface area (Å²) in [5, 5.41) is 0.467. The van der Waals surface area contributed by atoms with Gasteiger partial charge in [-0.05, 0) is 66.9 Å². The molecule has 1 aliphatic heterocycles. The van der Waals surface area contributed by atoms with Gasteiger partial charge in [-0.2, -0.15) is 0 Å². The number of carbonyl (C=O) groups is 2. The molecule has 1 amide bonds. The van der Waals surface area contributed by atoms with Gasteiger partial charge in [-0.25, -0.2) is 13.2 Å². The number of halogens is 2. The summed E-state index contributed by atoms with van der Waals surface area (Å²) in [4.78, 5) is 27.2. The number of ether oxygens (including phenoxy) is 1. The quantitative estimate of drug-likeness (QED) is 0.454. The maximum absolute atomic E-state index is 12.9. The fourth-order valence-electron chi connectivity index (χ4n) is 3.78. The number of sulfonamides is 1. The summed E-state index contributed by atoms with van der Waals surface area (Å²) in [6.45, 7) is 2.43. The second kappa shape index (κ2) is 10.3. The number of hydrogen-bond acceptors (Lipinski definition) is 5. The Morgan fingerprint density at radius 2 is 1.69 bits per heavy atom. The second-order valence-corrected chi connectivity index (χ2v) is 10.6. The summed E-state index contributed by atoms with van der Waals surface area (Å²) in [5.41, 5.74) is 2.39. The van der Waals surface area contributed by atoms with E-state index in [1.807, 2.05) is 24.3 Å². The van der Waals surface area contributed by atoms with Gasteiger partial charge in [-0.1, -0.05) is 47.5 Å². The van der Waals surface area contributed by atoms with Crippen molar-refractivity contribution in [3.05, 3.63) is 93.5 Å². The van der Waals surface area contributed by atoms with Crippen molar-refractivity contribution in [2.24, 2.45) is 0 Å². The predicted octanol–water partition coefficient (Wildman–Crippen LogP) is 4.92. The lowest BCUT2D eigenvalue weighted by Gasteiger charge is -2.30. The summed E-state index contributed by atoms with van der Waals surface area (Å²) in [6, 6.07) is 17.7. The number of fused-ring (bicyclic) bond motifs is 1. The first kappa shape index (κ1) is 25.0. The topological polar surface area (TPSA) is 92.8 Å². The largest absolute Gasteiger partial charge is 0.449 e. The van der Waals surface area contributed by atoms with Crippen LogP contribution in [0.25, 0.3) is 0 Å². The average Bonchev–Trinajstić information content (AvgIpc) is 2.84. The van der Waals surface area contributed by atoms with E-state index in [2.05, 4.69) is 4.72 Å². The first-order valence-corrected chi connectivity index (χ1v) is 13.0. The van der Waals surface area contributed by atoms with Gasteiger partial charge in [-0.3, -0.25) is 9.52 Å². The van der Waals surface area contributed by atoms with Crippen LogP contribution in [0.2, 0.25) is 10.0 Å². The minimum atomic E-state index is -4.02. The number of amides is 1. The Balaban J connectivity index is 1.47. The van der Waals surface area contributed by atoms with E-state index in [-0.39, 0.29) is 21.4 Å². The molecule has 0 aromatic heterocycles. The Bertz CT molecular complexity index is 1380. The highest BCUT2D eigenvalue weighted by Gasteiger charge is 2.28. The molecule has 3 aromatic carbocycles. The fraction of sp³-hybridized carbons (Fsp3) is 0.200. The third-order valence-electron chi connectivity index (χ3n) is 5.64. The molecule has 0 aliphatic carbocycles. The molecule has 1 atom stereocenters. The summed E-state index contributed by atoms with van der Waals surface area (Å²) in [6.07, 6.45) is -0.356. The number of nitrogens with one attached hydrogen (secondary N) is 1. The zero-order chi connectivity index (χ0) is 25.2. The molecular formula is C25H22Cl2N2O5S. The normalized spacial score (nSPS) is 14.1. The van der Waals surface area contributed by atoms with Gasteiger partial charge in [0.2, 0.25) is 0 Å². The van der Waals surface area contributed by atoms with Crippen molar-refractivity contribution in [1.82, 2.24) is 4.90 Å². The van der Waals surface area contributed by atoms with E-state index in [0.29, 0.717) is 23.8 Å². The molecule has 0 radical (unpaired) electrons. The SMILES string of the molecule is CC(OC(=O)c1cc(S(=O)(=O)Nc2ccc(Cl)cc2)ccc1Cl)C(=O)N1CCc2ccccc2C1. The van der Waals surface area contributed by atoms with Crippen molar-refractivity contribution in [2.45, 2.75) is 30.9 Å². The van der Waals surface area contributed by atoms with E-state index in [4.69, 9.17) is 27.9 Å². The molecule has 1 unspecified atom stereocenters. The van der Waals surface area contributed by atoms with Gasteiger partial charge < -0.3 is 9.64 Å². The van der Waals surface area contributed by atoms with Crippen molar-refractivity contribution in [2.75, 3.05) is 11.3 Å². The van der Waals surface area contributed by atoms with Crippen LogP contribution in [0.15, 0.2) is 71.6 Å². The number of benzene rings is 3. The third-order valence-corrected chi connectivity index (χ3v) is 7.60. The van der Waals surface area contributed by atoms with Crippen molar-refractivity contribution in [3.8, 4) is 0 Å². The first-order chi connectivity index (χ1) is 16.6. The van der Waals surface area contributed by atoms with Crippen LogP contribution < -0.4 is 4.72 Å². The molecule has 4 rings (SSSR count). The molecule has 7 nitrogen and oxygen atoms in total. The Morgan fingerprint density at radius 1 is 1.00 bits per heavy atom. The van der Waals surface area contributed by atoms with Crippen LogP contribution >= 0.6 is 23.2 Å². The highest BCUT2D eigenvalue weighted by atomic mass is 35.5. The van der Waals surface area contributed by atoms with Crippen LogP contribution in [0.3, 0.4) is 0 Å². The lowest BCUT2D eigenvalue weighted by atomic mass is 9.99. The van der Waals surface area contributed by atoms with E-state index in [9.17, 15) is 18.0 Å². The molecule has 0 fully saturated rings. The van der Waals surface area contributed by atoms with E-state index in [0.717, 1.165) is 18.1 Å². The Morgan fingerprint density at radius 3 is 2.40 bits per heavy atom. The molecule has 182 valence electrons. The summed E-state index contributed by atoms with van der Waals surface area (Å²) in [7, 11) is -4.02. The molecule has 1 N–H and O–H groups in total. The Kier molecular flexibility index (Phi) is 7.35. The number of carbonyl (C=O) groups excluding carboxylic acids is 2. The molecule has 1 heterocycles. The Labute approximate surface area is 213 Å². The maximum Gasteiger partial charge on any atom is 0.340 e. The van der Waals surface area contributed by atoms with Crippen LogP contribution in [0.1, 0.15) is 28.4 Å². The predicted molar refractivity (Wildman–Crippen MR) is 134 cm³/mol. The van der Waals surface area contributed by atoms with Crippen molar-refractivity contribution < 1.29 is 22.7 Å². The minimum Gasteiger partial charge on any atom is -0.449 e. The van der Waals surface area contributed by atoms with Crippen molar-refractivity contribution >= 4 is 50.8 Å². The molecule has 10 heteroatoms. The van der Waals surface area contributed by atoms with Gasteiger partial charge in [0.05, 0.1) is 15.5 Å². The zero-order valence-corrected chi connectivity index (χ0v) is 21.0. The number of nitrogens with zero attached hydrogens (tertiary/aromatic N) is 1. The smallest absolute Gasteiger partial charge is 0.340 e. The molecule has 0 bridgehead atoms. The van der Waals surface area contributed by atoms with Gasteiger partial charge in [0, 0.05) is 23.8 Å². The highest BCUT2D eigenvalue weighted by Crippen LogP contribution is 2.25. The van der Waals surface area contributed by atoms with Gasteiger partial charge >= 0.3 is 5.97 Å². The summed E-state index contributed by atoms with van der Waals surface area (Å²) < 4.78 is 33.4. The standard InChI is InChI=1S/C25H22Cl2N2O5S/c1-16(24(30)29-13-12-17-4-2-3-5-18(17)15-29)34-25(31)22-14-21(10-11-23(22)27)35(32,33)28-20-8-6-19(26)7-9-20/h2-11,14,16,28H,12-13,15H2,1H3. The second-order valence-electron chi connectivity index (χ2n) is 8.08. The molecular weight excluding hydrogens is 511 g/mol. The van der Waals surface area contributed by atoms with Crippen LogP contribution in [-0.4, -0.2) is 37.8 Å². The lowest BCUT2D eigenvalue weighted by Crippen LogP contribution is -2.42. The fourth-order valence-corrected chi connectivity index (χ4v) is 5.18. The molecule has 0 saturated heterocycles. The maximum atomic E-state index is 12.9. The summed E-state index contributed by atoms with van der Waals surface area (Å²) in [5.74, 6) is -1.23. The molecule has 1 aliphatic rings. The lowest BCUT2D eigenvalue weighted by molar-refractivity contribution is -0.140. The van der Waals surface area contributed by atoms with Gasteiger partial charge in [0.25, 0.3) is 15.9 Å². The number of rotatable bonds is 6. The van der Waals surface area contributed by atoms with Crippen LogP contribution in [0.4, 0.5) is 5.69 Å². The van der Waals surface area contributed by atoms with Crippen molar-refractivity contribution in [3.63, 3.8) is 0 Å². The van der Waals surface area contributed by atoms with E-state index in [1.165, 1.54) is 36.8 Å². The number of hydrogen-bond donors (Lipinski definition) is 1. The average molecular weight is 533 g/mol. The molecule has 0 spiro atoms. The number of anilines is 1. The Hall–Kier alpha value is -3.07. The molecule has 0 saturated carbocycles. The van der Waals surface area contributed by atoms with Gasteiger partial charge in [0.15, 0.2) is 6.10 Å². The van der Waals surface area contributed by atoms with Crippen molar-refractivity contribution in [1.29, 1.82) is 0 Å². The highest BCUT2D eigenvalue weighted by molar-refractivity contribution is 7.92. The number of esters is 1. The van der Waals surface area contributed by atoms with Gasteiger partial charge in [0.1, 0.15) is 0 Å². The van der Waals surface area contributed by atoms with Gasteiger partial charge in [-0.15, -0.1) is 0 Å². The summed E-state index contributed by atoms with van der Waals surface area (Å²) >= 11 is 12.0. The van der Waals surface area contributed by atoms with Crippen LogP contribution in [0, 0.1) is 0 Å². The van der Waals surface area contributed by atoms with Crippen LogP contribution in [0.5, 0.6) is 0 Å². The monoisotopic (exact) mass is 532 g/mol. The zero-order valence-electron chi connectivity index (χ0n) is 18.7. The van der Waals surface area contributed by atoms with E-state index >= 15 is 0 Å². The van der Waals surface area contributed by atoms with Crippen LogP contribution in [-0.2, 0) is 32.5 Å².